The van der Waals surface area contributed by atoms with Gasteiger partial charge in [-0.05, 0) is 20.8 Å². The van der Waals surface area contributed by atoms with E-state index in [9.17, 15) is 9.59 Å². The molecule has 15 heavy (non-hydrogen) atoms. The van der Waals surface area contributed by atoms with Crippen LogP contribution in [-0.4, -0.2) is 37.4 Å². The van der Waals surface area contributed by atoms with Gasteiger partial charge < -0.3 is 20.5 Å². The highest BCUT2D eigenvalue weighted by atomic mass is 16.6. The fraction of sp³-hybridized carbons (Fsp3) is 0.778. The van der Waals surface area contributed by atoms with Crippen LogP contribution in [0.2, 0.25) is 0 Å². The van der Waals surface area contributed by atoms with Crippen molar-refractivity contribution in [1.82, 2.24) is 5.32 Å². The van der Waals surface area contributed by atoms with Gasteiger partial charge in [-0.1, -0.05) is 0 Å². The summed E-state index contributed by atoms with van der Waals surface area (Å²) >= 11 is 0. The monoisotopic (exact) mass is 219 g/mol. The summed E-state index contributed by atoms with van der Waals surface area (Å²) in [5, 5.41) is 2.43. The molecule has 0 aromatic heterocycles. The maximum Gasteiger partial charge on any atom is 0.407 e. The molecule has 0 aliphatic rings. The van der Waals surface area contributed by atoms with Crippen LogP contribution in [-0.2, 0) is 14.3 Å². The van der Waals surface area contributed by atoms with Crippen LogP contribution in [0.4, 0.5) is 4.79 Å². The van der Waals surface area contributed by atoms with Gasteiger partial charge in [-0.15, -0.1) is 0 Å². The molecule has 0 bridgehead atoms. The van der Waals surface area contributed by atoms with Crippen molar-refractivity contribution in [1.29, 1.82) is 0 Å². The van der Waals surface area contributed by atoms with E-state index in [4.69, 9.17) is 4.74 Å². The normalized spacial score (nSPS) is 12.9. The molecular formula is C9H19N2O4+. The molecule has 0 fully saturated rings. The quantitative estimate of drug-likeness (QED) is 0.613. The summed E-state index contributed by atoms with van der Waals surface area (Å²) in [4.78, 5) is 22.1. The van der Waals surface area contributed by atoms with Crippen molar-refractivity contribution in [3.63, 3.8) is 0 Å². The van der Waals surface area contributed by atoms with E-state index in [1.54, 1.807) is 20.8 Å². The van der Waals surface area contributed by atoms with Gasteiger partial charge in [-0.2, -0.15) is 0 Å². The lowest BCUT2D eigenvalue weighted by Crippen LogP contribution is -2.69. The Labute approximate surface area is 89.1 Å². The van der Waals surface area contributed by atoms with E-state index in [1.807, 2.05) is 0 Å². The van der Waals surface area contributed by atoms with Gasteiger partial charge in [-0.25, -0.2) is 9.59 Å². The SMILES string of the molecule is COC(=O)[C@@H]([NH3+])CNC(=O)OC(C)(C)C. The van der Waals surface area contributed by atoms with E-state index in [0.29, 0.717) is 0 Å². The van der Waals surface area contributed by atoms with Gasteiger partial charge in [0.25, 0.3) is 0 Å². The van der Waals surface area contributed by atoms with E-state index in [-0.39, 0.29) is 6.54 Å². The summed E-state index contributed by atoms with van der Waals surface area (Å²) < 4.78 is 9.42. The van der Waals surface area contributed by atoms with Gasteiger partial charge >= 0.3 is 12.1 Å². The van der Waals surface area contributed by atoms with Crippen LogP contribution in [0.15, 0.2) is 0 Å². The predicted octanol–water partition coefficient (Wildman–Crippen LogP) is -0.705. The van der Waals surface area contributed by atoms with E-state index >= 15 is 0 Å². The lowest BCUT2D eigenvalue weighted by atomic mass is 10.2. The standard InChI is InChI=1S/C9H18N2O4/c1-9(2,3)15-8(13)11-5-6(10)7(12)14-4/h6H,5,10H2,1-4H3,(H,11,13)/p+1/t6-/m0/s1. The Hall–Kier alpha value is -1.30. The smallest absolute Gasteiger partial charge is 0.407 e. The van der Waals surface area contributed by atoms with Crippen LogP contribution in [0.1, 0.15) is 20.8 Å². The topological polar surface area (TPSA) is 92.3 Å². The number of hydrogen-bond acceptors (Lipinski definition) is 4. The van der Waals surface area contributed by atoms with Crippen molar-refractivity contribution >= 4 is 12.1 Å². The van der Waals surface area contributed by atoms with Gasteiger partial charge in [0.1, 0.15) is 5.60 Å². The summed E-state index contributed by atoms with van der Waals surface area (Å²) in [7, 11) is 1.27. The third-order valence-corrected chi connectivity index (χ3v) is 1.43. The molecule has 88 valence electrons. The minimum absolute atomic E-state index is 0.0988. The van der Waals surface area contributed by atoms with E-state index in [0.717, 1.165) is 0 Å². The Morgan fingerprint density at radius 2 is 1.93 bits per heavy atom. The summed E-state index contributed by atoms with van der Waals surface area (Å²) in [5.41, 5.74) is 2.98. The molecule has 0 saturated heterocycles. The number of amides is 1. The molecule has 6 nitrogen and oxygen atoms in total. The largest absolute Gasteiger partial charge is 0.465 e. The second-order valence-corrected chi connectivity index (χ2v) is 4.10. The molecule has 0 unspecified atom stereocenters. The summed E-state index contributed by atoms with van der Waals surface area (Å²) in [6, 6.07) is -0.623. The molecule has 1 amide bonds. The average molecular weight is 219 g/mol. The van der Waals surface area contributed by atoms with E-state index < -0.39 is 23.7 Å². The molecule has 0 radical (unpaired) electrons. The number of hydrogen-bond donors (Lipinski definition) is 2. The maximum absolute atomic E-state index is 11.2. The third kappa shape index (κ3) is 6.73. The Balaban J connectivity index is 3.86. The minimum Gasteiger partial charge on any atom is -0.465 e. The Morgan fingerprint density at radius 3 is 2.33 bits per heavy atom. The molecule has 0 saturated carbocycles. The molecule has 0 spiro atoms. The summed E-state index contributed by atoms with van der Waals surface area (Å²) in [6.45, 7) is 5.37. The van der Waals surface area contributed by atoms with Crippen LogP contribution in [0, 0.1) is 0 Å². The molecule has 0 aromatic carbocycles. The number of nitrogens with one attached hydrogen (secondary N) is 1. The number of methoxy groups -OCH3 is 1. The Morgan fingerprint density at radius 1 is 1.40 bits per heavy atom. The van der Waals surface area contributed by atoms with Crippen molar-refractivity contribution in [3.8, 4) is 0 Å². The fourth-order valence-corrected chi connectivity index (χ4v) is 0.771. The predicted molar refractivity (Wildman–Crippen MR) is 52.9 cm³/mol. The van der Waals surface area contributed by atoms with Gasteiger partial charge in [0.05, 0.1) is 13.7 Å². The maximum atomic E-state index is 11.2. The average Bonchev–Trinajstić information content (AvgIpc) is 2.10. The molecule has 0 heterocycles. The van der Waals surface area contributed by atoms with Crippen LogP contribution < -0.4 is 11.1 Å². The zero-order valence-corrected chi connectivity index (χ0v) is 9.62. The highest BCUT2D eigenvalue weighted by molar-refractivity contribution is 5.75. The Bertz CT molecular complexity index is 235. The van der Waals surface area contributed by atoms with Crippen molar-refractivity contribution in [2.24, 2.45) is 0 Å². The summed E-state index contributed by atoms with van der Waals surface area (Å²) in [5.74, 6) is -0.467. The van der Waals surface area contributed by atoms with Gasteiger partial charge in [0.15, 0.2) is 0 Å². The van der Waals surface area contributed by atoms with Gasteiger partial charge in [-0.3, -0.25) is 0 Å². The second kappa shape index (κ2) is 5.55. The summed E-state index contributed by atoms with van der Waals surface area (Å²) in [6.07, 6.45) is -0.569. The molecule has 4 N–H and O–H groups in total. The van der Waals surface area contributed by atoms with Crippen molar-refractivity contribution in [2.75, 3.05) is 13.7 Å². The van der Waals surface area contributed by atoms with Crippen molar-refractivity contribution < 1.29 is 24.8 Å². The second-order valence-electron chi connectivity index (χ2n) is 4.10. The van der Waals surface area contributed by atoms with Crippen LogP contribution in [0.5, 0.6) is 0 Å². The third-order valence-electron chi connectivity index (χ3n) is 1.43. The number of rotatable bonds is 3. The highest BCUT2D eigenvalue weighted by Crippen LogP contribution is 2.06. The molecule has 0 aliphatic heterocycles. The number of quaternary nitrogens is 1. The number of carbonyl (C=O) groups is 2. The fourth-order valence-electron chi connectivity index (χ4n) is 0.771. The molecule has 0 rings (SSSR count). The molecule has 0 aliphatic carbocycles. The minimum atomic E-state index is -0.623. The van der Waals surface area contributed by atoms with Crippen molar-refractivity contribution in [3.05, 3.63) is 0 Å². The first-order valence-corrected chi connectivity index (χ1v) is 4.64. The molecule has 6 heteroatoms. The molecule has 0 aromatic rings. The zero-order chi connectivity index (χ0) is 12.1. The molecular weight excluding hydrogens is 200 g/mol. The first kappa shape index (κ1) is 13.7. The highest BCUT2D eigenvalue weighted by Gasteiger charge is 2.21. The number of carbonyl (C=O) groups excluding carboxylic acids is 2. The zero-order valence-electron chi connectivity index (χ0n) is 9.62. The lowest BCUT2D eigenvalue weighted by molar-refractivity contribution is -0.405. The first-order chi connectivity index (χ1) is 6.76. The van der Waals surface area contributed by atoms with Gasteiger partial charge in [0, 0.05) is 0 Å². The van der Waals surface area contributed by atoms with Crippen molar-refractivity contribution in [2.45, 2.75) is 32.4 Å². The van der Waals surface area contributed by atoms with Crippen LogP contribution >= 0.6 is 0 Å². The van der Waals surface area contributed by atoms with E-state index in [1.165, 1.54) is 7.11 Å². The molecule has 1 atom stereocenters. The Kier molecular flexibility index (Phi) is 5.07. The number of esters is 1. The number of alkyl carbamates (subject to hydrolysis) is 1. The van der Waals surface area contributed by atoms with Gasteiger partial charge in [0.2, 0.25) is 6.04 Å². The van der Waals surface area contributed by atoms with E-state index in [2.05, 4.69) is 15.8 Å². The first-order valence-electron chi connectivity index (χ1n) is 4.64. The lowest BCUT2D eigenvalue weighted by Gasteiger charge is -2.19. The number of ether oxygens (including phenoxy) is 2. The van der Waals surface area contributed by atoms with Crippen LogP contribution in [0.3, 0.4) is 0 Å². The van der Waals surface area contributed by atoms with Crippen LogP contribution in [0.25, 0.3) is 0 Å².